The maximum atomic E-state index is 12.1. The lowest BCUT2D eigenvalue weighted by Crippen LogP contribution is -2.27. The van der Waals surface area contributed by atoms with Crippen LogP contribution in [0.15, 0.2) is 53.9 Å². The summed E-state index contributed by atoms with van der Waals surface area (Å²) in [6, 6.07) is 15.0. The van der Waals surface area contributed by atoms with E-state index in [0.717, 1.165) is 34.2 Å². The molecule has 0 aliphatic heterocycles. The van der Waals surface area contributed by atoms with Gasteiger partial charge >= 0.3 is 0 Å². The van der Waals surface area contributed by atoms with Gasteiger partial charge in [-0.1, -0.05) is 23.7 Å². The summed E-state index contributed by atoms with van der Waals surface area (Å²) in [7, 11) is 1.64. The number of methoxy groups -OCH3 is 1. The van der Waals surface area contributed by atoms with E-state index in [4.69, 9.17) is 21.1 Å². The molecule has 0 spiro atoms. The van der Waals surface area contributed by atoms with Gasteiger partial charge in [0.25, 0.3) is 0 Å². The molecule has 7 heteroatoms. The van der Waals surface area contributed by atoms with Gasteiger partial charge in [-0.3, -0.25) is 4.79 Å². The zero-order chi connectivity index (χ0) is 19.8. The number of carbonyl (C=O) groups is 1. The number of nitrogens with one attached hydrogen (secondary N) is 1. The average molecular weight is 417 g/mol. The molecule has 3 rings (SSSR count). The molecule has 146 valence electrons. The molecule has 28 heavy (non-hydrogen) atoms. The molecule has 3 aromatic rings. The first kappa shape index (κ1) is 20.2. The molecule has 0 fully saturated rings. The van der Waals surface area contributed by atoms with E-state index in [0.29, 0.717) is 18.2 Å². The number of hydrogen-bond acceptors (Lipinski definition) is 5. The second-order valence-corrected chi connectivity index (χ2v) is 7.48. The Morgan fingerprint density at radius 3 is 2.54 bits per heavy atom. The first-order valence-electron chi connectivity index (χ1n) is 8.83. The molecule has 1 heterocycles. The van der Waals surface area contributed by atoms with Crippen LogP contribution in [0.5, 0.6) is 11.5 Å². The lowest BCUT2D eigenvalue weighted by molar-refractivity contribution is -0.120. The minimum atomic E-state index is -0.0380. The highest BCUT2D eigenvalue weighted by Crippen LogP contribution is 2.18. The Bertz CT molecular complexity index is 895. The van der Waals surface area contributed by atoms with Gasteiger partial charge in [0.2, 0.25) is 5.91 Å². The third-order valence-corrected chi connectivity index (χ3v) is 5.13. The molecule has 0 aliphatic carbocycles. The molecule has 0 saturated heterocycles. The number of aromatic nitrogens is 1. The summed E-state index contributed by atoms with van der Waals surface area (Å²) in [5, 5.41) is 6.32. The summed E-state index contributed by atoms with van der Waals surface area (Å²) in [6.07, 6.45) is 1.03. The van der Waals surface area contributed by atoms with E-state index in [9.17, 15) is 4.79 Å². The number of thiazole rings is 1. The molecule has 0 atom stereocenters. The molecule has 1 amide bonds. The van der Waals surface area contributed by atoms with E-state index in [1.165, 1.54) is 11.3 Å². The lowest BCUT2D eigenvalue weighted by atomic mass is 10.1. The van der Waals surface area contributed by atoms with Gasteiger partial charge in [-0.15, -0.1) is 11.3 Å². The van der Waals surface area contributed by atoms with Gasteiger partial charge in [-0.05, 0) is 48.4 Å². The topological polar surface area (TPSA) is 60.5 Å². The fraction of sp³-hybridized carbons (Fsp3) is 0.238. The van der Waals surface area contributed by atoms with Gasteiger partial charge in [0, 0.05) is 16.9 Å². The average Bonchev–Trinajstić information content (AvgIpc) is 3.15. The van der Waals surface area contributed by atoms with E-state index in [2.05, 4.69) is 10.3 Å². The highest BCUT2D eigenvalue weighted by Gasteiger charge is 2.08. The number of carbonyl (C=O) groups excluding carboxylic acids is 1. The van der Waals surface area contributed by atoms with Gasteiger partial charge in [-0.25, -0.2) is 4.98 Å². The molecule has 1 aromatic heterocycles. The van der Waals surface area contributed by atoms with Crippen LogP contribution in [0.3, 0.4) is 0 Å². The maximum absolute atomic E-state index is 12.1. The number of amides is 1. The summed E-state index contributed by atoms with van der Waals surface area (Å²) in [5.74, 6) is 1.52. The predicted molar refractivity (Wildman–Crippen MR) is 111 cm³/mol. The molecule has 0 saturated carbocycles. The SMILES string of the molecule is COc1ccc(CCNC(=O)Cc2csc(COc3ccc(Cl)cc3)n2)cc1. The molecular formula is C21H21ClN2O3S. The van der Waals surface area contributed by atoms with Gasteiger partial charge < -0.3 is 14.8 Å². The summed E-state index contributed by atoms with van der Waals surface area (Å²) >= 11 is 7.34. The molecule has 1 N–H and O–H groups in total. The van der Waals surface area contributed by atoms with Crippen LogP contribution >= 0.6 is 22.9 Å². The van der Waals surface area contributed by atoms with Crippen molar-refractivity contribution < 1.29 is 14.3 Å². The van der Waals surface area contributed by atoms with Gasteiger partial charge in [0.05, 0.1) is 19.2 Å². The van der Waals surface area contributed by atoms with E-state index >= 15 is 0 Å². The number of ether oxygens (including phenoxy) is 2. The van der Waals surface area contributed by atoms with Crippen LogP contribution in [0.1, 0.15) is 16.3 Å². The zero-order valence-corrected chi connectivity index (χ0v) is 17.1. The van der Waals surface area contributed by atoms with Gasteiger partial charge in [0.1, 0.15) is 23.1 Å². The first-order valence-corrected chi connectivity index (χ1v) is 10.1. The lowest BCUT2D eigenvalue weighted by Gasteiger charge is -2.05. The van der Waals surface area contributed by atoms with Crippen molar-refractivity contribution >= 4 is 28.8 Å². The highest BCUT2D eigenvalue weighted by atomic mass is 35.5. The normalized spacial score (nSPS) is 10.5. The molecule has 0 aliphatic rings. The van der Waals surface area contributed by atoms with E-state index < -0.39 is 0 Å². The van der Waals surface area contributed by atoms with Crippen LogP contribution in [0.4, 0.5) is 0 Å². The Kier molecular flexibility index (Phi) is 7.28. The summed E-state index contributed by atoms with van der Waals surface area (Å²) in [4.78, 5) is 16.6. The third kappa shape index (κ3) is 6.25. The van der Waals surface area contributed by atoms with Gasteiger partial charge in [-0.2, -0.15) is 0 Å². The van der Waals surface area contributed by atoms with Crippen LogP contribution in [-0.2, 0) is 24.2 Å². The minimum absolute atomic E-state index is 0.0380. The number of hydrogen-bond donors (Lipinski definition) is 1. The summed E-state index contributed by atoms with van der Waals surface area (Å²) in [6.45, 7) is 0.952. The summed E-state index contributed by atoms with van der Waals surface area (Å²) in [5.41, 5.74) is 1.90. The molecular weight excluding hydrogens is 396 g/mol. The second kappa shape index (κ2) is 10.1. The second-order valence-electron chi connectivity index (χ2n) is 6.10. The molecule has 0 unspecified atom stereocenters. The Morgan fingerprint density at radius 2 is 1.82 bits per heavy atom. The van der Waals surface area contributed by atoms with Crippen molar-refractivity contribution in [2.24, 2.45) is 0 Å². The molecule has 5 nitrogen and oxygen atoms in total. The fourth-order valence-corrected chi connectivity index (χ4v) is 3.37. The van der Waals surface area contributed by atoms with E-state index in [-0.39, 0.29) is 12.3 Å². The third-order valence-electron chi connectivity index (χ3n) is 4.01. The van der Waals surface area contributed by atoms with Gasteiger partial charge in [0.15, 0.2) is 0 Å². The standard InChI is InChI=1S/C21H21ClN2O3S/c1-26-18-6-2-15(3-7-18)10-11-23-20(25)12-17-14-28-21(24-17)13-27-19-8-4-16(22)5-9-19/h2-9,14H,10-13H2,1H3,(H,23,25). The first-order chi connectivity index (χ1) is 13.6. The Morgan fingerprint density at radius 1 is 1.11 bits per heavy atom. The highest BCUT2D eigenvalue weighted by molar-refractivity contribution is 7.09. The molecule has 0 radical (unpaired) electrons. The van der Waals surface area contributed by atoms with Crippen molar-refractivity contribution in [3.05, 3.63) is 75.2 Å². The van der Waals surface area contributed by atoms with Crippen LogP contribution in [-0.4, -0.2) is 24.5 Å². The minimum Gasteiger partial charge on any atom is -0.497 e. The summed E-state index contributed by atoms with van der Waals surface area (Å²) < 4.78 is 10.8. The molecule has 2 aromatic carbocycles. The maximum Gasteiger partial charge on any atom is 0.226 e. The van der Waals surface area contributed by atoms with Crippen molar-refractivity contribution in [2.75, 3.05) is 13.7 Å². The van der Waals surface area contributed by atoms with Crippen molar-refractivity contribution in [3.63, 3.8) is 0 Å². The zero-order valence-electron chi connectivity index (χ0n) is 15.5. The Balaban J connectivity index is 1.39. The number of benzene rings is 2. The number of rotatable bonds is 9. The number of nitrogens with zero attached hydrogens (tertiary/aromatic N) is 1. The van der Waals surface area contributed by atoms with Crippen LogP contribution < -0.4 is 14.8 Å². The predicted octanol–water partition coefficient (Wildman–Crippen LogP) is 4.29. The monoisotopic (exact) mass is 416 g/mol. The van der Waals surface area contributed by atoms with Crippen LogP contribution in [0.25, 0.3) is 0 Å². The smallest absolute Gasteiger partial charge is 0.226 e. The fourth-order valence-electron chi connectivity index (χ4n) is 2.54. The van der Waals surface area contributed by atoms with Crippen LogP contribution in [0.2, 0.25) is 5.02 Å². The van der Waals surface area contributed by atoms with Crippen molar-refractivity contribution in [3.8, 4) is 11.5 Å². The van der Waals surface area contributed by atoms with Crippen molar-refractivity contribution in [1.82, 2.24) is 10.3 Å². The van der Waals surface area contributed by atoms with Crippen LogP contribution in [0, 0.1) is 0 Å². The quantitative estimate of drug-likeness (QED) is 0.565. The van der Waals surface area contributed by atoms with E-state index in [1.54, 1.807) is 19.2 Å². The Labute approximate surface area is 173 Å². The van der Waals surface area contributed by atoms with Crippen molar-refractivity contribution in [2.45, 2.75) is 19.4 Å². The Hall–Kier alpha value is -2.57. The largest absolute Gasteiger partial charge is 0.497 e. The number of halogens is 1. The van der Waals surface area contributed by atoms with Crippen molar-refractivity contribution in [1.29, 1.82) is 0 Å². The van der Waals surface area contributed by atoms with E-state index in [1.807, 2.05) is 41.8 Å². The molecule has 0 bridgehead atoms.